The lowest BCUT2D eigenvalue weighted by molar-refractivity contribution is -0.115. The van der Waals surface area contributed by atoms with Crippen molar-refractivity contribution in [2.24, 2.45) is 0 Å². The van der Waals surface area contributed by atoms with E-state index in [1.807, 2.05) is 48.5 Å². The van der Waals surface area contributed by atoms with Crippen molar-refractivity contribution < 1.29 is 4.79 Å². The molecule has 0 aliphatic heterocycles. The number of amides is 1. The van der Waals surface area contributed by atoms with E-state index in [4.69, 9.17) is 0 Å². The number of nitrogens with one attached hydrogen (secondary N) is 2. The lowest BCUT2D eigenvalue weighted by Crippen LogP contribution is -2.29. The number of rotatable bonds is 7. The van der Waals surface area contributed by atoms with E-state index in [9.17, 15) is 4.79 Å². The Kier molecular flexibility index (Phi) is 6.14. The van der Waals surface area contributed by atoms with Crippen LogP contribution in [0.3, 0.4) is 0 Å². The molecule has 0 atom stereocenters. The molecule has 0 fully saturated rings. The van der Waals surface area contributed by atoms with E-state index in [0.29, 0.717) is 6.54 Å². The first-order valence-corrected chi connectivity index (χ1v) is 7.56. The third kappa shape index (κ3) is 5.47. The van der Waals surface area contributed by atoms with Crippen molar-refractivity contribution in [2.45, 2.75) is 4.90 Å². The molecule has 2 aromatic rings. The molecule has 1 amide bonds. The highest BCUT2D eigenvalue weighted by Gasteiger charge is 2.00. The van der Waals surface area contributed by atoms with E-state index < -0.39 is 0 Å². The Balaban J connectivity index is 1.58. The second-order valence-electron chi connectivity index (χ2n) is 4.25. The first kappa shape index (κ1) is 14.6. The number of thioether (sulfide) groups is 1. The number of hydrogen-bond acceptors (Lipinski definition) is 3. The van der Waals surface area contributed by atoms with Gasteiger partial charge in [-0.15, -0.1) is 11.8 Å². The summed E-state index contributed by atoms with van der Waals surface area (Å²) in [6.45, 7) is 1.14. The average Bonchev–Trinajstić information content (AvgIpc) is 2.49. The Labute approximate surface area is 123 Å². The van der Waals surface area contributed by atoms with E-state index >= 15 is 0 Å². The molecular weight excluding hydrogens is 268 g/mol. The zero-order valence-electron chi connectivity index (χ0n) is 11.2. The topological polar surface area (TPSA) is 41.1 Å². The van der Waals surface area contributed by atoms with E-state index in [2.05, 4.69) is 22.8 Å². The summed E-state index contributed by atoms with van der Waals surface area (Å²) in [5.41, 5.74) is 0.831. The molecule has 0 unspecified atom stereocenters. The molecular formula is C16H18N2OS. The zero-order valence-corrected chi connectivity index (χ0v) is 12.0. The van der Waals surface area contributed by atoms with E-state index in [1.165, 1.54) is 4.90 Å². The summed E-state index contributed by atoms with van der Waals surface area (Å²) >= 11 is 1.78. The fraction of sp³-hybridized carbons (Fsp3) is 0.188. The van der Waals surface area contributed by atoms with Crippen LogP contribution in [-0.4, -0.2) is 24.7 Å². The molecule has 2 rings (SSSR count). The first-order valence-electron chi connectivity index (χ1n) is 6.58. The molecule has 0 heterocycles. The monoisotopic (exact) mass is 286 g/mol. The third-order valence-corrected chi connectivity index (χ3v) is 3.65. The van der Waals surface area contributed by atoms with Crippen LogP contribution in [0, 0.1) is 0 Å². The van der Waals surface area contributed by atoms with Gasteiger partial charge in [0, 0.05) is 22.9 Å². The third-order valence-electron chi connectivity index (χ3n) is 2.63. The summed E-state index contributed by atoms with van der Waals surface area (Å²) in [5.74, 6) is 0.934. The van der Waals surface area contributed by atoms with E-state index in [-0.39, 0.29) is 5.91 Å². The maximum Gasteiger partial charge on any atom is 0.238 e. The van der Waals surface area contributed by atoms with Crippen LogP contribution in [0.1, 0.15) is 0 Å². The average molecular weight is 286 g/mol. The van der Waals surface area contributed by atoms with Gasteiger partial charge in [0.05, 0.1) is 6.54 Å². The molecule has 0 aliphatic rings. The molecule has 20 heavy (non-hydrogen) atoms. The molecule has 0 bridgehead atoms. The van der Waals surface area contributed by atoms with Crippen LogP contribution in [-0.2, 0) is 4.79 Å². The first-order chi connectivity index (χ1) is 9.84. The zero-order chi connectivity index (χ0) is 14.0. The van der Waals surface area contributed by atoms with Crippen molar-refractivity contribution in [1.29, 1.82) is 0 Å². The minimum Gasteiger partial charge on any atom is -0.325 e. The fourth-order valence-electron chi connectivity index (χ4n) is 1.69. The molecule has 2 N–H and O–H groups in total. The molecule has 0 radical (unpaired) electrons. The normalized spacial score (nSPS) is 10.2. The molecule has 2 aromatic carbocycles. The highest BCUT2D eigenvalue weighted by atomic mass is 32.2. The molecule has 4 heteroatoms. The summed E-state index contributed by atoms with van der Waals surface area (Å²) in [7, 11) is 0. The van der Waals surface area contributed by atoms with Gasteiger partial charge in [-0.3, -0.25) is 4.79 Å². The van der Waals surface area contributed by atoms with Gasteiger partial charge in [0.25, 0.3) is 0 Å². The van der Waals surface area contributed by atoms with Crippen molar-refractivity contribution >= 4 is 23.4 Å². The Bertz CT molecular complexity index is 517. The molecule has 0 aliphatic carbocycles. The lowest BCUT2D eigenvalue weighted by Gasteiger charge is -2.06. The number of para-hydroxylation sites is 1. The maximum absolute atomic E-state index is 11.7. The van der Waals surface area contributed by atoms with Crippen molar-refractivity contribution in [1.82, 2.24) is 5.32 Å². The highest BCUT2D eigenvalue weighted by Crippen LogP contribution is 2.15. The van der Waals surface area contributed by atoms with Gasteiger partial charge in [0.2, 0.25) is 5.91 Å². The quantitative estimate of drug-likeness (QED) is 0.607. The Hall–Kier alpha value is -1.78. The van der Waals surface area contributed by atoms with Gasteiger partial charge in [0.1, 0.15) is 0 Å². The van der Waals surface area contributed by atoms with Crippen molar-refractivity contribution in [3.05, 3.63) is 60.7 Å². The minimum absolute atomic E-state index is 0.0130. The van der Waals surface area contributed by atoms with Gasteiger partial charge in [-0.1, -0.05) is 36.4 Å². The minimum atomic E-state index is -0.0130. The number of benzene rings is 2. The summed E-state index contributed by atoms with van der Waals surface area (Å²) < 4.78 is 0. The van der Waals surface area contributed by atoms with Gasteiger partial charge in [0.15, 0.2) is 0 Å². The molecule has 0 spiro atoms. The van der Waals surface area contributed by atoms with Crippen LogP contribution in [0.25, 0.3) is 0 Å². The van der Waals surface area contributed by atoms with Gasteiger partial charge >= 0.3 is 0 Å². The van der Waals surface area contributed by atoms with Crippen LogP contribution in [0.4, 0.5) is 5.69 Å². The Morgan fingerprint density at radius 1 is 0.950 bits per heavy atom. The summed E-state index contributed by atoms with van der Waals surface area (Å²) in [6, 6.07) is 19.7. The fourth-order valence-corrected chi connectivity index (χ4v) is 2.52. The van der Waals surface area contributed by atoms with Crippen LogP contribution >= 0.6 is 11.8 Å². The number of anilines is 1. The van der Waals surface area contributed by atoms with Crippen LogP contribution in [0.15, 0.2) is 65.6 Å². The maximum atomic E-state index is 11.7. The summed E-state index contributed by atoms with van der Waals surface area (Å²) in [5, 5.41) is 5.99. The summed E-state index contributed by atoms with van der Waals surface area (Å²) in [4.78, 5) is 12.9. The number of hydrogen-bond donors (Lipinski definition) is 2. The molecule has 3 nitrogen and oxygen atoms in total. The summed E-state index contributed by atoms with van der Waals surface area (Å²) in [6.07, 6.45) is 0. The molecule has 104 valence electrons. The second kappa shape index (κ2) is 8.40. The lowest BCUT2D eigenvalue weighted by atomic mass is 10.3. The van der Waals surface area contributed by atoms with Gasteiger partial charge in [-0.25, -0.2) is 0 Å². The van der Waals surface area contributed by atoms with Crippen molar-refractivity contribution in [3.8, 4) is 0 Å². The Morgan fingerprint density at radius 2 is 1.60 bits per heavy atom. The van der Waals surface area contributed by atoms with E-state index in [0.717, 1.165) is 18.0 Å². The van der Waals surface area contributed by atoms with Crippen molar-refractivity contribution in [2.75, 3.05) is 24.2 Å². The smallest absolute Gasteiger partial charge is 0.238 e. The van der Waals surface area contributed by atoms with Crippen LogP contribution < -0.4 is 10.6 Å². The van der Waals surface area contributed by atoms with Crippen LogP contribution in [0.5, 0.6) is 0 Å². The Morgan fingerprint density at radius 3 is 2.30 bits per heavy atom. The van der Waals surface area contributed by atoms with Gasteiger partial charge in [-0.05, 0) is 24.3 Å². The van der Waals surface area contributed by atoms with Crippen molar-refractivity contribution in [3.63, 3.8) is 0 Å². The largest absolute Gasteiger partial charge is 0.325 e. The molecule has 0 saturated heterocycles. The highest BCUT2D eigenvalue weighted by molar-refractivity contribution is 7.99. The second-order valence-corrected chi connectivity index (χ2v) is 5.42. The van der Waals surface area contributed by atoms with Gasteiger partial charge in [-0.2, -0.15) is 0 Å². The molecule has 0 aromatic heterocycles. The van der Waals surface area contributed by atoms with E-state index in [1.54, 1.807) is 11.8 Å². The predicted molar refractivity (Wildman–Crippen MR) is 85.1 cm³/mol. The SMILES string of the molecule is O=C(CNCCSc1ccccc1)Nc1ccccc1. The standard InChI is InChI=1S/C16H18N2OS/c19-16(18-14-7-3-1-4-8-14)13-17-11-12-20-15-9-5-2-6-10-15/h1-10,17H,11-13H2,(H,18,19). The predicted octanol–water partition coefficient (Wildman–Crippen LogP) is 3.01. The van der Waals surface area contributed by atoms with Crippen LogP contribution in [0.2, 0.25) is 0 Å². The molecule has 0 saturated carbocycles. The number of carbonyl (C=O) groups is 1. The van der Waals surface area contributed by atoms with Gasteiger partial charge < -0.3 is 10.6 Å². The number of carbonyl (C=O) groups excluding carboxylic acids is 1.